The molecule has 0 spiro atoms. The number of hydrogen-bond donors (Lipinski definition) is 3. The number of hydrogen-bond acceptors (Lipinski definition) is 5. The Kier molecular flexibility index (Phi) is 44.2. The first-order chi connectivity index (χ1) is 29.0. The standard InChI is InChI=1S/C53H93NO5/c1-4-7-10-13-16-19-21-23-25-26-27-28-30-33-35-38-41-44-49(59-53(58)46-43-40-37-34-31-29-24-22-20-17-14-11-8-5-2)47-52(57)54-50(48-55)51(56)45-42-39-36-32-18-15-12-9-6-3/h7,10,16,19,23,25,27-29,31,33,35,49-51,55-56H,4-6,8-9,11-15,17-18,20-22,24,26,30,32,34,36-48H2,1-3H3,(H,54,57)/b10-7-,19-16-,25-23-,28-27-,31-29-,35-33-. The highest BCUT2D eigenvalue weighted by molar-refractivity contribution is 5.77. The van der Waals surface area contributed by atoms with Gasteiger partial charge in [-0.25, -0.2) is 0 Å². The normalized spacial score (nSPS) is 13.9. The molecule has 0 rings (SSSR count). The summed E-state index contributed by atoms with van der Waals surface area (Å²) in [7, 11) is 0. The summed E-state index contributed by atoms with van der Waals surface area (Å²) in [6.07, 6.45) is 58.2. The first-order valence-corrected chi connectivity index (χ1v) is 24.7. The van der Waals surface area contributed by atoms with Crippen molar-refractivity contribution in [2.24, 2.45) is 0 Å². The lowest BCUT2D eigenvalue weighted by atomic mass is 10.0. The maximum atomic E-state index is 13.1. The molecule has 0 fully saturated rings. The van der Waals surface area contributed by atoms with E-state index in [1.165, 1.54) is 83.5 Å². The van der Waals surface area contributed by atoms with Crippen LogP contribution in [0.5, 0.6) is 0 Å². The lowest BCUT2D eigenvalue weighted by molar-refractivity contribution is -0.151. The zero-order valence-corrected chi connectivity index (χ0v) is 38.6. The number of rotatable bonds is 43. The average molecular weight is 824 g/mol. The van der Waals surface area contributed by atoms with Crippen molar-refractivity contribution in [1.82, 2.24) is 5.32 Å². The number of esters is 1. The largest absolute Gasteiger partial charge is 0.462 e. The van der Waals surface area contributed by atoms with Gasteiger partial charge < -0.3 is 20.3 Å². The van der Waals surface area contributed by atoms with Gasteiger partial charge in [0.25, 0.3) is 0 Å². The van der Waals surface area contributed by atoms with Gasteiger partial charge in [0.05, 0.1) is 25.2 Å². The quantitative estimate of drug-likeness (QED) is 0.0323. The number of amides is 1. The number of carbonyl (C=O) groups excluding carboxylic acids is 2. The van der Waals surface area contributed by atoms with E-state index in [0.29, 0.717) is 19.3 Å². The molecule has 0 heterocycles. The summed E-state index contributed by atoms with van der Waals surface area (Å²) in [5, 5.41) is 23.6. The van der Waals surface area contributed by atoms with Crippen molar-refractivity contribution in [3.8, 4) is 0 Å². The molecule has 6 heteroatoms. The minimum atomic E-state index is -0.806. The van der Waals surface area contributed by atoms with E-state index in [0.717, 1.165) is 96.3 Å². The van der Waals surface area contributed by atoms with Gasteiger partial charge in [-0.15, -0.1) is 0 Å². The number of ether oxygens (including phenoxy) is 1. The predicted octanol–water partition coefficient (Wildman–Crippen LogP) is 14.6. The van der Waals surface area contributed by atoms with Crippen molar-refractivity contribution in [1.29, 1.82) is 0 Å². The second-order valence-electron chi connectivity index (χ2n) is 16.5. The second kappa shape index (κ2) is 46.4. The Bertz CT molecular complexity index is 1110. The molecule has 0 aliphatic rings. The highest BCUT2D eigenvalue weighted by Crippen LogP contribution is 2.16. The molecule has 0 aromatic heterocycles. The fourth-order valence-electron chi connectivity index (χ4n) is 7.04. The monoisotopic (exact) mass is 824 g/mol. The maximum absolute atomic E-state index is 13.1. The first kappa shape index (κ1) is 56.3. The molecule has 0 aromatic carbocycles. The highest BCUT2D eigenvalue weighted by Gasteiger charge is 2.24. The van der Waals surface area contributed by atoms with Gasteiger partial charge in [0, 0.05) is 6.42 Å². The third-order valence-electron chi connectivity index (χ3n) is 10.8. The molecule has 0 aromatic rings. The lowest BCUT2D eigenvalue weighted by Gasteiger charge is -2.24. The second-order valence-corrected chi connectivity index (χ2v) is 16.5. The topological polar surface area (TPSA) is 95.9 Å². The number of carbonyl (C=O) groups is 2. The summed E-state index contributed by atoms with van der Waals surface area (Å²) in [6, 6.07) is -0.723. The van der Waals surface area contributed by atoms with E-state index in [1.54, 1.807) is 0 Å². The SMILES string of the molecule is CC/C=C\C/C=C\C/C=C\C/C=C\C/C=C\CCCC(CC(=O)NC(CO)C(O)CCCCCCCCCCC)OC(=O)CCCCC/C=C\CCCCCCCCC. The van der Waals surface area contributed by atoms with Crippen molar-refractivity contribution < 1.29 is 24.5 Å². The van der Waals surface area contributed by atoms with Crippen molar-refractivity contribution in [3.05, 3.63) is 72.9 Å². The minimum absolute atomic E-state index is 0.0300. The number of unbranched alkanes of at least 4 members (excludes halogenated alkanes) is 19. The Labute approximate surface area is 364 Å². The minimum Gasteiger partial charge on any atom is -0.462 e. The molecule has 6 nitrogen and oxygen atoms in total. The van der Waals surface area contributed by atoms with E-state index in [1.807, 2.05) is 0 Å². The zero-order chi connectivity index (χ0) is 43.1. The van der Waals surface area contributed by atoms with Crippen LogP contribution in [-0.4, -0.2) is 46.9 Å². The number of aliphatic hydroxyl groups is 2. The van der Waals surface area contributed by atoms with Crippen LogP contribution >= 0.6 is 0 Å². The Morgan fingerprint density at radius 3 is 1.44 bits per heavy atom. The van der Waals surface area contributed by atoms with Crippen LogP contribution in [0.3, 0.4) is 0 Å². The fourth-order valence-corrected chi connectivity index (χ4v) is 7.04. The molecule has 0 aliphatic carbocycles. The van der Waals surface area contributed by atoms with Crippen LogP contribution in [0.4, 0.5) is 0 Å². The van der Waals surface area contributed by atoms with Crippen molar-refractivity contribution in [3.63, 3.8) is 0 Å². The van der Waals surface area contributed by atoms with E-state index in [-0.39, 0.29) is 24.9 Å². The molecule has 3 N–H and O–H groups in total. The zero-order valence-electron chi connectivity index (χ0n) is 38.6. The third kappa shape index (κ3) is 41.8. The third-order valence-corrected chi connectivity index (χ3v) is 10.8. The number of allylic oxidation sites excluding steroid dienone is 12. The average Bonchev–Trinajstić information content (AvgIpc) is 3.23. The first-order valence-electron chi connectivity index (χ1n) is 24.7. The number of nitrogens with one attached hydrogen (secondary N) is 1. The molecule has 0 saturated carbocycles. The van der Waals surface area contributed by atoms with Crippen LogP contribution in [0.25, 0.3) is 0 Å². The van der Waals surface area contributed by atoms with E-state index in [9.17, 15) is 19.8 Å². The molecular formula is C53H93NO5. The molecule has 1 amide bonds. The van der Waals surface area contributed by atoms with Gasteiger partial charge in [-0.2, -0.15) is 0 Å². The summed E-state index contributed by atoms with van der Waals surface area (Å²) < 4.78 is 5.88. The van der Waals surface area contributed by atoms with E-state index < -0.39 is 18.2 Å². The summed E-state index contributed by atoms with van der Waals surface area (Å²) in [5.41, 5.74) is 0. The molecule has 340 valence electrons. The highest BCUT2D eigenvalue weighted by atomic mass is 16.5. The van der Waals surface area contributed by atoms with Crippen LogP contribution < -0.4 is 5.32 Å². The van der Waals surface area contributed by atoms with Crippen LogP contribution in [0, 0.1) is 0 Å². The van der Waals surface area contributed by atoms with Crippen molar-refractivity contribution in [2.45, 2.75) is 244 Å². The number of aliphatic hydroxyl groups excluding tert-OH is 2. The van der Waals surface area contributed by atoms with Gasteiger partial charge in [-0.3, -0.25) is 9.59 Å². The van der Waals surface area contributed by atoms with Gasteiger partial charge >= 0.3 is 5.97 Å². The van der Waals surface area contributed by atoms with Gasteiger partial charge in [-0.1, -0.05) is 196 Å². The van der Waals surface area contributed by atoms with Crippen LogP contribution in [0.1, 0.15) is 226 Å². The molecular weight excluding hydrogens is 731 g/mol. The Morgan fingerprint density at radius 2 is 0.932 bits per heavy atom. The van der Waals surface area contributed by atoms with E-state index in [4.69, 9.17) is 4.74 Å². The molecule has 59 heavy (non-hydrogen) atoms. The summed E-state index contributed by atoms with van der Waals surface area (Å²) in [4.78, 5) is 26.0. The Balaban J connectivity index is 4.74. The van der Waals surface area contributed by atoms with Gasteiger partial charge in [0.15, 0.2) is 0 Å². The van der Waals surface area contributed by atoms with Gasteiger partial charge in [-0.05, 0) is 89.9 Å². The smallest absolute Gasteiger partial charge is 0.306 e. The van der Waals surface area contributed by atoms with E-state index >= 15 is 0 Å². The Morgan fingerprint density at radius 1 is 0.508 bits per heavy atom. The van der Waals surface area contributed by atoms with Crippen LogP contribution in [0.2, 0.25) is 0 Å². The van der Waals surface area contributed by atoms with E-state index in [2.05, 4.69) is 99.0 Å². The van der Waals surface area contributed by atoms with Crippen molar-refractivity contribution >= 4 is 11.9 Å². The predicted molar refractivity (Wildman–Crippen MR) is 255 cm³/mol. The molecule has 0 aliphatic heterocycles. The molecule has 0 saturated heterocycles. The summed E-state index contributed by atoms with van der Waals surface area (Å²) >= 11 is 0. The summed E-state index contributed by atoms with van der Waals surface area (Å²) in [5.74, 6) is -0.553. The maximum Gasteiger partial charge on any atom is 0.306 e. The molecule has 0 radical (unpaired) electrons. The summed E-state index contributed by atoms with van der Waals surface area (Å²) in [6.45, 7) is 6.32. The fraction of sp³-hybridized carbons (Fsp3) is 0.736. The van der Waals surface area contributed by atoms with Gasteiger partial charge in [0.2, 0.25) is 5.91 Å². The van der Waals surface area contributed by atoms with Crippen LogP contribution in [0.15, 0.2) is 72.9 Å². The lowest BCUT2D eigenvalue weighted by Crippen LogP contribution is -2.46. The van der Waals surface area contributed by atoms with Gasteiger partial charge in [0.1, 0.15) is 6.10 Å². The molecule has 3 atom stereocenters. The molecule has 3 unspecified atom stereocenters. The van der Waals surface area contributed by atoms with Crippen LogP contribution in [-0.2, 0) is 14.3 Å². The molecule has 0 bridgehead atoms. The van der Waals surface area contributed by atoms with Crippen molar-refractivity contribution in [2.75, 3.05) is 6.61 Å². The Hall–Kier alpha value is -2.70.